The number of hydrogen-bond donors (Lipinski definition) is 1. The van der Waals surface area contributed by atoms with Crippen molar-refractivity contribution in [3.05, 3.63) is 47.7 Å². The van der Waals surface area contributed by atoms with Crippen LogP contribution in [0.5, 0.6) is 11.8 Å². The number of carbonyl (C=O) groups excluding carboxylic acids is 3. The number of unbranched alkanes of at least 4 members (excludes halogenated alkanes) is 10. The summed E-state index contributed by atoms with van der Waals surface area (Å²) in [6.07, 6.45) is 20.2. The number of fused-ring (bicyclic) bond motifs is 5. The van der Waals surface area contributed by atoms with E-state index in [0.29, 0.717) is 49.9 Å². The molecule has 2 aromatic carbocycles. The lowest BCUT2D eigenvalue weighted by atomic mass is 9.95. The van der Waals surface area contributed by atoms with E-state index in [-0.39, 0.29) is 103 Å². The summed E-state index contributed by atoms with van der Waals surface area (Å²) in [7, 11) is 0. The Morgan fingerprint density at radius 3 is 2.19 bits per heavy atom. The first-order chi connectivity index (χ1) is 34.9. The summed E-state index contributed by atoms with van der Waals surface area (Å²) in [5.41, 5.74) is -1.01. The largest absolute Gasteiger partial charge is 0.508 e. The van der Waals surface area contributed by atoms with E-state index in [1.807, 2.05) is 4.90 Å². The molecular formula is C55H69F3N6O8. The van der Waals surface area contributed by atoms with Gasteiger partial charge in [-0.05, 0) is 68.7 Å². The van der Waals surface area contributed by atoms with E-state index >= 15 is 8.78 Å². The number of aromatic nitrogens is 3. The predicted molar refractivity (Wildman–Crippen MR) is 267 cm³/mol. The van der Waals surface area contributed by atoms with Crippen molar-refractivity contribution < 1.29 is 51.6 Å². The monoisotopic (exact) mass is 999 g/mol. The van der Waals surface area contributed by atoms with Crippen LogP contribution in [-0.2, 0) is 23.8 Å². The maximum absolute atomic E-state index is 17.4. The Kier molecular flexibility index (Phi) is 17.6. The number of alkyl halides is 1. The van der Waals surface area contributed by atoms with E-state index in [9.17, 15) is 23.9 Å². The van der Waals surface area contributed by atoms with E-state index in [1.54, 1.807) is 4.90 Å². The van der Waals surface area contributed by atoms with E-state index in [2.05, 4.69) is 34.6 Å². The molecule has 2 aromatic heterocycles. The van der Waals surface area contributed by atoms with Gasteiger partial charge in [-0.25, -0.2) is 18.0 Å². The third-order valence-corrected chi connectivity index (χ3v) is 14.9. The topological polar surface area (TPSA) is 157 Å². The molecule has 8 rings (SSSR count). The molecule has 4 aliphatic heterocycles. The van der Waals surface area contributed by atoms with Crippen molar-refractivity contribution in [3.8, 4) is 35.4 Å². The number of halogens is 3. The number of nitrogens with zero attached hydrogens (tertiary/aromatic N) is 6. The van der Waals surface area contributed by atoms with Crippen molar-refractivity contribution >= 4 is 45.5 Å². The first-order valence-corrected chi connectivity index (χ1v) is 26.3. The van der Waals surface area contributed by atoms with Gasteiger partial charge in [0.15, 0.2) is 11.9 Å². The molecule has 388 valence electrons. The van der Waals surface area contributed by atoms with Crippen LogP contribution in [-0.4, -0.2) is 124 Å². The number of rotatable bonds is 24. The Bertz CT molecular complexity index is 2570. The number of carbonyl (C=O) groups is 3. The molecule has 1 N–H and O–H groups in total. The normalized spacial score (nSPS) is 20.6. The fourth-order valence-corrected chi connectivity index (χ4v) is 11.2. The van der Waals surface area contributed by atoms with Gasteiger partial charge in [-0.15, -0.1) is 6.42 Å². The molecule has 6 heterocycles. The number of benzene rings is 2. The van der Waals surface area contributed by atoms with Crippen LogP contribution in [0, 0.1) is 24.0 Å². The average molecular weight is 999 g/mol. The minimum Gasteiger partial charge on any atom is -0.508 e. The van der Waals surface area contributed by atoms with Crippen molar-refractivity contribution in [1.82, 2.24) is 24.8 Å². The fourth-order valence-electron chi connectivity index (χ4n) is 11.2. The van der Waals surface area contributed by atoms with E-state index in [1.165, 1.54) is 30.5 Å². The zero-order chi connectivity index (χ0) is 50.8. The zero-order valence-corrected chi connectivity index (χ0v) is 41.8. The van der Waals surface area contributed by atoms with Crippen molar-refractivity contribution in [2.75, 3.05) is 50.9 Å². The highest BCUT2D eigenvalue weighted by Gasteiger charge is 2.50. The van der Waals surface area contributed by atoms with Gasteiger partial charge in [0.05, 0.1) is 28.6 Å². The number of piperazine rings is 1. The molecule has 1 amide bonds. The van der Waals surface area contributed by atoms with Gasteiger partial charge in [-0.1, -0.05) is 90.0 Å². The Morgan fingerprint density at radius 2 is 1.54 bits per heavy atom. The number of phenols is 1. The molecule has 0 aliphatic carbocycles. The van der Waals surface area contributed by atoms with Gasteiger partial charge in [0, 0.05) is 56.0 Å². The van der Waals surface area contributed by atoms with Crippen LogP contribution < -0.4 is 9.64 Å². The predicted octanol–water partition coefficient (Wildman–Crippen LogP) is 10.5. The van der Waals surface area contributed by atoms with Gasteiger partial charge in [-0.2, -0.15) is 9.97 Å². The molecule has 4 saturated heterocycles. The summed E-state index contributed by atoms with van der Waals surface area (Å²) >= 11 is 0. The molecule has 2 unspecified atom stereocenters. The first kappa shape index (κ1) is 52.4. The summed E-state index contributed by atoms with van der Waals surface area (Å²) in [6, 6.07) is 4.42. The first-order valence-electron chi connectivity index (χ1n) is 26.3. The summed E-state index contributed by atoms with van der Waals surface area (Å²) in [4.78, 5) is 59.6. The summed E-state index contributed by atoms with van der Waals surface area (Å²) in [5, 5.41) is 11.6. The van der Waals surface area contributed by atoms with Gasteiger partial charge in [0.1, 0.15) is 54.6 Å². The second kappa shape index (κ2) is 24.2. The van der Waals surface area contributed by atoms with E-state index < -0.39 is 47.5 Å². The van der Waals surface area contributed by atoms with Crippen molar-refractivity contribution in [3.63, 3.8) is 0 Å². The van der Waals surface area contributed by atoms with Crippen LogP contribution in [0.4, 0.5) is 23.8 Å². The van der Waals surface area contributed by atoms with Crippen LogP contribution >= 0.6 is 0 Å². The van der Waals surface area contributed by atoms with Gasteiger partial charge < -0.3 is 29.0 Å². The summed E-state index contributed by atoms with van der Waals surface area (Å²) in [6.45, 7) is 5.41. The smallest absolute Gasteiger partial charge is 0.410 e. The third-order valence-electron chi connectivity index (χ3n) is 14.9. The lowest BCUT2D eigenvalue weighted by molar-refractivity contribution is -0.153. The minimum absolute atomic E-state index is 0.0588. The van der Waals surface area contributed by atoms with Crippen LogP contribution in [0.1, 0.15) is 141 Å². The van der Waals surface area contributed by atoms with Gasteiger partial charge in [-0.3, -0.25) is 24.4 Å². The van der Waals surface area contributed by atoms with Crippen molar-refractivity contribution in [1.29, 1.82) is 0 Å². The highest BCUT2D eigenvalue weighted by atomic mass is 19.1. The second-order valence-electron chi connectivity index (χ2n) is 20.1. The van der Waals surface area contributed by atoms with E-state index in [0.717, 1.165) is 83.6 Å². The number of ether oxygens (including phenoxy) is 4. The van der Waals surface area contributed by atoms with Gasteiger partial charge in [0.25, 0.3) is 0 Å². The second-order valence-corrected chi connectivity index (χ2v) is 20.1. The molecule has 2 bridgehead atoms. The number of hydrogen-bond acceptors (Lipinski definition) is 13. The molecule has 4 aliphatic rings. The number of terminal acetylenes is 1. The van der Waals surface area contributed by atoms with Crippen LogP contribution in [0.2, 0.25) is 0 Å². The number of phenolic OH excluding ortho intramolecular Hbond substituents is 1. The molecule has 0 spiro atoms. The number of amides is 1. The summed E-state index contributed by atoms with van der Waals surface area (Å²) in [5.74, 6) is 0.0580. The lowest BCUT2D eigenvalue weighted by Gasteiger charge is -2.41. The molecule has 14 nitrogen and oxygen atoms in total. The quantitative estimate of drug-likeness (QED) is 0.0306. The van der Waals surface area contributed by atoms with Crippen LogP contribution in [0.3, 0.4) is 0 Å². The third kappa shape index (κ3) is 12.1. The maximum Gasteiger partial charge on any atom is 0.410 e. The highest BCUT2D eigenvalue weighted by Crippen LogP contribution is 2.43. The maximum atomic E-state index is 17.4. The van der Waals surface area contributed by atoms with Crippen molar-refractivity contribution in [2.24, 2.45) is 0 Å². The van der Waals surface area contributed by atoms with Gasteiger partial charge in [0.2, 0.25) is 0 Å². The number of esters is 2. The molecule has 4 atom stereocenters. The van der Waals surface area contributed by atoms with Gasteiger partial charge >= 0.3 is 24.0 Å². The van der Waals surface area contributed by atoms with Crippen LogP contribution in [0.15, 0.2) is 30.5 Å². The van der Waals surface area contributed by atoms with Crippen molar-refractivity contribution in [2.45, 2.75) is 166 Å². The average Bonchev–Trinajstić information content (AvgIpc) is 3.99. The minimum atomic E-state index is -1.04. The zero-order valence-electron chi connectivity index (χ0n) is 41.8. The number of aromatic hydroxyl groups is 1. The molecule has 0 saturated carbocycles. The Morgan fingerprint density at radius 1 is 0.889 bits per heavy atom. The molecular weight excluding hydrogens is 930 g/mol. The Labute approximate surface area is 420 Å². The summed E-state index contributed by atoms with van der Waals surface area (Å²) < 4.78 is 70.9. The molecule has 72 heavy (non-hydrogen) atoms. The number of pyridine rings is 1. The highest BCUT2D eigenvalue weighted by molar-refractivity contribution is 6.03. The lowest BCUT2D eigenvalue weighted by Crippen LogP contribution is -2.57. The standard InChI is InChI=1S/C55H69F3N6O8/c1-4-7-9-11-13-15-18-46(66)69-33-41(34-70-47(67)19-16-14-12-10-8-5-2)72-54(68)64-38-21-22-39(64)32-62(31-38)52-44-29-59-50(43-27-40(65)26-36-20-23-45(57)42(6-3)48(36)43)49(58)51(44)60-53(61-52)71-35-55-24-17-25-63(55)30-37(56)28-55/h3,20,23,26-27,29,37-39,41,65H,4-5,7-19,21-22,24-25,28,30-35H2,1-2H3/t37-,38?,39?,55+/m1/s1. The Balaban J connectivity index is 1.03. The van der Waals surface area contributed by atoms with E-state index in [4.69, 9.17) is 30.4 Å². The van der Waals surface area contributed by atoms with Crippen LogP contribution in [0.25, 0.3) is 32.9 Å². The SMILES string of the molecule is C#Cc1c(F)ccc2cc(O)cc(-c3ncc4c(N5CC6CCC(C5)N6C(=O)OC(COC(=O)CCCCCCCC)COC(=O)CCCCCCCC)nc(OC[C@@]56CCCN5C[C@H](F)C6)nc4c3F)c12. The fraction of sp³-hybridized carbons (Fsp3) is 0.600. The Hall–Kier alpha value is -5.89. The number of anilines is 1. The molecule has 4 aromatic rings. The molecule has 0 radical (unpaired) electrons. The molecule has 17 heteroatoms. The molecule has 4 fully saturated rings.